The molecule has 0 atom stereocenters. The van der Waals surface area contributed by atoms with E-state index < -0.39 is 12.8 Å². The Morgan fingerprint density at radius 2 is 1.94 bits per heavy atom. The van der Waals surface area contributed by atoms with Crippen molar-refractivity contribution >= 4 is 27.5 Å². The van der Waals surface area contributed by atoms with Gasteiger partial charge in [0.1, 0.15) is 19.0 Å². The van der Waals surface area contributed by atoms with E-state index in [4.69, 9.17) is 16.3 Å². The Hall–Kier alpha value is -0.460. The maximum absolute atomic E-state index is 11.8. The Morgan fingerprint density at radius 3 is 2.56 bits per heavy atom. The van der Waals surface area contributed by atoms with Crippen LogP contribution in [0.1, 0.15) is 5.56 Å². The maximum Gasteiger partial charge on any atom is 0.411 e. The van der Waals surface area contributed by atoms with Crippen LogP contribution < -0.4 is 4.74 Å². The molecule has 0 aliphatic rings. The summed E-state index contributed by atoms with van der Waals surface area (Å²) in [5, 5.41) is 0. The first-order valence-corrected chi connectivity index (χ1v) is 6.37. The van der Waals surface area contributed by atoms with Gasteiger partial charge in [0.2, 0.25) is 0 Å². The highest BCUT2D eigenvalue weighted by Gasteiger charge is 2.27. The molecule has 102 valence electrons. The number of hydrogen-bond acceptors (Lipinski definition) is 2. The summed E-state index contributed by atoms with van der Waals surface area (Å²) in [5.41, 5.74) is 0.766. The number of ether oxygens (including phenoxy) is 2. The van der Waals surface area contributed by atoms with Crippen molar-refractivity contribution in [3.63, 3.8) is 0 Å². The van der Waals surface area contributed by atoms with Gasteiger partial charge in [-0.3, -0.25) is 0 Å². The molecule has 0 saturated carbocycles. The van der Waals surface area contributed by atoms with Crippen molar-refractivity contribution in [2.24, 2.45) is 0 Å². The zero-order valence-corrected chi connectivity index (χ0v) is 11.6. The molecule has 2 nitrogen and oxygen atoms in total. The van der Waals surface area contributed by atoms with Crippen LogP contribution in [0.5, 0.6) is 5.75 Å². The van der Waals surface area contributed by atoms with Crippen LogP contribution in [-0.2, 0) is 10.6 Å². The zero-order valence-electron chi connectivity index (χ0n) is 9.27. The highest BCUT2D eigenvalue weighted by molar-refractivity contribution is 9.10. The third kappa shape index (κ3) is 5.93. The van der Waals surface area contributed by atoms with Crippen molar-refractivity contribution in [2.45, 2.75) is 12.1 Å². The van der Waals surface area contributed by atoms with Gasteiger partial charge in [-0.2, -0.15) is 13.2 Å². The van der Waals surface area contributed by atoms with Gasteiger partial charge in [-0.1, -0.05) is 15.9 Å². The normalized spacial score (nSPS) is 11.6. The Balaban J connectivity index is 2.35. The highest BCUT2D eigenvalue weighted by atomic mass is 79.9. The van der Waals surface area contributed by atoms with Crippen LogP contribution in [0, 0.1) is 0 Å². The molecular formula is C11H11BrClF3O2. The predicted octanol–water partition coefficient (Wildman–Crippen LogP) is 4.15. The number of rotatable bonds is 6. The van der Waals surface area contributed by atoms with Gasteiger partial charge in [0, 0.05) is 10.0 Å². The molecule has 0 radical (unpaired) electrons. The maximum atomic E-state index is 11.8. The molecule has 0 fully saturated rings. The predicted molar refractivity (Wildman–Crippen MR) is 66.1 cm³/mol. The zero-order chi connectivity index (χ0) is 13.6. The summed E-state index contributed by atoms with van der Waals surface area (Å²) in [4.78, 5) is 0. The van der Waals surface area contributed by atoms with E-state index in [9.17, 15) is 13.2 Å². The molecule has 0 saturated heterocycles. The van der Waals surface area contributed by atoms with Crippen LogP contribution in [0.25, 0.3) is 0 Å². The molecule has 0 N–H and O–H groups in total. The second-order valence-corrected chi connectivity index (χ2v) is 4.58. The Bertz CT molecular complexity index is 385. The van der Waals surface area contributed by atoms with Crippen LogP contribution in [-0.4, -0.2) is 26.0 Å². The first kappa shape index (κ1) is 15.6. The molecule has 0 bridgehead atoms. The Morgan fingerprint density at radius 1 is 1.22 bits per heavy atom. The summed E-state index contributed by atoms with van der Waals surface area (Å²) in [6.07, 6.45) is -4.31. The van der Waals surface area contributed by atoms with Gasteiger partial charge in [-0.25, -0.2) is 0 Å². The lowest BCUT2D eigenvalue weighted by molar-refractivity contribution is -0.175. The lowest BCUT2D eigenvalue weighted by Gasteiger charge is -2.11. The first-order valence-electron chi connectivity index (χ1n) is 5.04. The van der Waals surface area contributed by atoms with Crippen LogP contribution in [0.2, 0.25) is 0 Å². The minimum absolute atomic E-state index is 0.0433. The fourth-order valence-electron chi connectivity index (χ4n) is 1.19. The lowest BCUT2D eigenvalue weighted by atomic mass is 10.2. The van der Waals surface area contributed by atoms with Crippen molar-refractivity contribution in [1.82, 2.24) is 0 Å². The third-order valence-corrected chi connectivity index (χ3v) is 2.70. The number of halogens is 5. The molecule has 1 rings (SSSR count). The minimum Gasteiger partial charge on any atom is -0.491 e. The summed E-state index contributed by atoms with van der Waals surface area (Å²) in [7, 11) is 0. The standard InChI is InChI=1S/C11H11BrClF3O2/c12-9-1-2-10(8(5-9)6-13)18-4-3-17-7-11(14,15)16/h1-2,5H,3-4,6-7H2. The molecular weight excluding hydrogens is 336 g/mol. The van der Waals surface area contributed by atoms with E-state index in [1.807, 2.05) is 0 Å². The fourth-order valence-corrected chi connectivity index (χ4v) is 1.81. The van der Waals surface area contributed by atoms with Crippen LogP contribution in [0.15, 0.2) is 22.7 Å². The van der Waals surface area contributed by atoms with Crippen molar-refractivity contribution < 1.29 is 22.6 Å². The lowest BCUT2D eigenvalue weighted by Crippen LogP contribution is -2.19. The quantitative estimate of drug-likeness (QED) is 0.569. The van der Waals surface area contributed by atoms with E-state index in [2.05, 4.69) is 20.7 Å². The summed E-state index contributed by atoms with van der Waals surface area (Å²) in [6.45, 7) is -1.35. The molecule has 0 spiro atoms. The molecule has 18 heavy (non-hydrogen) atoms. The largest absolute Gasteiger partial charge is 0.491 e. The minimum atomic E-state index is -4.31. The van der Waals surface area contributed by atoms with Crippen molar-refractivity contribution in [2.75, 3.05) is 19.8 Å². The van der Waals surface area contributed by atoms with Crippen LogP contribution >= 0.6 is 27.5 Å². The fraction of sp³-hybridized carbons (Fsp3) is 0.455. The number of alkyl halides is 4. The van der Waals surface area contributed by atoms with Crippen LogP contribution in [0.3, 0.4) is 0 Å². The summed E-state index contributed by atoms with van der Waals surface area (Å²) in [6, 6.07) is 5.26. The third-order valence-electron chi connectivity index (χ3n) is 1.92. The van der Waals surface area contributed by atoms with E-state index in [0.29, 0.717) is 5.75 Å². The topological polar surface area (TPSA) is 18.5 Å². The SMILES string of the molecule is FC(F)(F)COCCOc1ccc(Br)cc1CCl. The molecule has 1 aromatic carbocycles. The smallest absolute Gasteiger partial charge is 0.411 e. The molecule has 0 amide bonds. The molecule has 0 aliphatic carbocycles. The van der Waals surface area contributed by atoms with E-state index in [0.717, 1.165) is 10.0 Å². The van der Waals surface area contributed by atoms with E-state index in [-0.39, 0.29) is 19.1 Å². The average molecular weight is 348 g/mol. The summed E-state index contributed by atoms with van der Waals surface area (Å²) >= 11 is 9.01. The molecule has 0 unspecified atom stereocenters. The average Bonchev–Trinajstić information content (AvgIpc) is 2.28. The van der Waals surface area contributed by atoms with E-state index in [1.54, 1.807) is 18.2 Å². The van der Waals surface area contributed by atoms with E-state index >= 15 is 0 Å². The van der Waals surface area contributed by atoms with Crippen molar-refractivity contribution in [3.05, 3.63) is 28.2 Å². The Kier molecular flexibility index (Phi) is 6.25. The molecule has 0 heterocycles. The van der Waals surface area contributed by atoms with Gasteiger partial charge in [0.25, 0.3) is 0 Å². The number of benzene rings is 1. The van der Waals surface area contributed by atoms with Gasteiger partial charge >= 0.3 is 6.18 Å². The molecule has 0 aliphatic heterocycles. The van der Waals surface area contributed by atoms with Crippen LogP contribution in [0.4, 0.5) is 13.2 Å². The first-order chi connectivity index (χ1) is 8.42. The second kappa shape index (κ2) is 7.21. The summed E-state index contributed by atoms with van der Waals surface area (Å²) in [5.74, 6) is 0.807. The summed E-state index contributed by atoms with van der Waals surface area (Å²) < 4.78 is 45.9. The highest BCUT2D eigenvalue weighted by Crippen LogP contribution is 2.24. The second-order valence-electron chi connectivity index (χ2n) is 3.40. The molecule has 7 heteroatoms. The van der Waals surface area contributed by atoms with Crippen molar-refractivity contribution in [1.29, 1.82) is 0 Å². The monoisotopic (exact) mass is 346 g/mol. The Labute approximate surface area is 116 Å². The van der Waals surface area contributed by atoms with E-state index in [1.165, 1.54) is 0 Å². The van der Waals surface area contributed by atoms with Gasteiger partial charge in [0.05, 0.1) is 12.5 Å². The van der Waals surface area contributed by atoms with Gasteiger partial charge in [-0.05, 0) is 18.2 Å². The number of hydrogen-bond donors (Lipinski definition) is 0. The molecule has 1 aromatic rings. The van der Waals surface area contributed by atoms with Gasteiger partial charge < -0.3 is 9.47 Å². The van der Waals surface area contributed by atoms with Crippen molar-refractivity contribution in [3.8, 4) is 5.75 Å². The van der Waals surface area contributed by atoms with Gasteiger partial charge in [0.15, 0.2) is 0 Å². The molecule has 0 aromatic heterocycles. The van der Waals surface area contributed by atoms with Gasteiger partial charge in [-0.15, -0.1) is 11.6 Å².